The van der Waals surface area contributed by atoms with E-state index in [4.69, 9.17) is 9.05 Å². The van der Waals surface area contributed by atoms with Crippen LogP contribution >= 0.6 is 7.82 Å². The monoisotopic (exact) mass is 1160 g/mol. The van der Waals surface area contributed by atoms with E-state index in [-0.39, 0.29) is 19.1 Å². The number of phosphoric acid groups is 1. The minimum atomic E-state index is -4.35. The third-order valence-corrected chi connectivity index (χ3v) is 17.9. The van der Waals surface area contributed by atoms with Gasteiger partial charge in [0.25, 0.3) is 0 Å². The number of rotatable bonds is 68. The van der Waals surface area contributed by atoms with Crippen molar-refractivity contribution in [2.45, 2.75) is 392 Å². The minimum Gasteiger partial charge on any atom is -0.387 e. The van der Waals surface area contributed by atoms with Gasteiger partial charge in [-0.25, -0.2) is 4.57 Å². The van der Waals surface area contributed by atoms with E-state index in [1.165, 1.54) is 327 Å². The molecule has 8 nitrogen and oxygen atoms in total. The molecule has 0 saturated heterocycles. The molecule has 9 heteroatoms. The second kappa shape index (κ2) is 63.5. The van der Waals surface area contributed by atoms with E-state index in [1.54, 1.807) is 6.08 Å². The Bertz CT molecular complexity index is 1370. The average Bonchev–Trinajstić information content (AvgIpc) is 3.43. The van der Waals surface area contributed by atoms with E-state index in [2.05, 4.69) is 31.3 Å². The molecule has 0 spiro atoms. The van der Waals surface area contributed by atoms with Gasteiger partial charge in [0.15, 0.2) is 0 Å². The number of likely N-dealkylation sites (N-methyl/N-ethyl adjacent to an activating group) is 1. The van der Waals surface area contributed by atoms with Gasteiger partial charge in [0.2, 0.25) is 5.91 Å². The minimum absolute atomic E-state index is 0.0648. The van der Waals surface area contributed by atoms with Crippen molar-refractivity contribution in [1.82, 2.24) is 5.32 Å². The lowest BCUT2D eigenvalue weighted by molar-refractivity contribution is -0.870. The molecule has 0 rings (SSSR count). The Balaban J connectivity index is 3.90. The van der Waals surface area contributed by atoms with Crippen LogP contribution in [0.5, 0.6) is 0 Å². The molecule has 0 bridgehead atoms. The van der Waals surface area contributed by atoms with Gasteiger partial charge in [-0.15, -0.1) is 0 Å². The molecule has 0 aromatic carbocycles. The number of quaternary nitrogens is 1. The van der Waals surface area contributed by atoms with Crippen LogP contribution in [0.25, 0.3) is 0 Å². The zero-order valence-corrected chi connectivity index (χ0v) is 56.2. The normalized spacial score (nSPS) is 13.7. The smallest absolute Gasteiger partial charge is 0.387 e. The lowest BCUT2D eigenvalue weighted by Crippen LogP contribution is -2.45. The van der Waals surface area contributed by atoms with Crippen LogP contribution in [0.3, 0.4) is 0 Å². The number of aliphatic hydroxyl groups is 1. The van der Waals surface area contributed by atoms with Gasteiger partial charge in [0.05, 0.1) is 39.9 Å². The summed E-state index contributed by atoms with van der Waals surface area (Å²) in [5.74, 6) is -0.168. The first-order valence-corrected chi connectivity index (χ1v) is 37.7. The summed E-state index contributed by atoms with van der Waals surface area (Å²) in [5.41, 5.74) is 0. The van der Waals surface area contributed by atoms with Crippen LogP contribution < -0.4 is 5.32 Å². The fourth-order valence-electron chi connectivity index (χ4n) is 11.3. The number of phosphoric ester groups is 1. The molecule has 0 aliphatic heterocycles. The molecule has 0 aliphatic carbocycles. The van der Waals surface area contributed by atoms with Crippen LogP contribution in [-0.4, -0.2) is 73.4 Å². The fraction of sp³-hybridized carbons (Fsp3) is 0.931. The van der Waals surface area contributed by atoms with E-state index in [0.29, 0.717) is 17.4 Å². The topological polar surface area (TPSA) is 105 Å². The Kier molecular flexibility index (Phi) is 62.7. The third kappa shape index (κ3) is 66.4. The van der Waals surface area contributed by atoms with Crippen LogP contribution in [0.2, 0.25) is 0 Å². The Morgan fingerprint density at radius 2 is 0.667 bits per heavy atom. The highest BCUT2D eigenvalue weighted by Gasteiger charge is 2.28. The maximum Gasteiger partial charge on any atom is 0.472 e. The third-order valence-electron chi connectivity index (χ3n) is 16.9. The molecule has 1 amide bonds. The van der Waals surface area contributed by atoms with Gasteiger partial charge in [-0.05, 0) is 44.9 Å². The second-order valence-electron chi connectivity index (χ2n) is 26.3. The summed E-state index contributed by atoms with van der Waals surface area (Å²) < 4.78 is 23.8. The predicted molar refractivity (Wildman–Crippen MR) is 355 cm³/mol. The Morgan fingerprint density at radius 1 is 0.407 bits per heavy atom. The van der Waals surface area contributed by atoms with Crippen LogP contribution in [0, 0.1) is 0 Å². The molecule has 0 aromatic rings. The Labute approximate surface area is 506 Å². The molecule has 0 fully saturated rings. The molecule has 3 N–H and O–H groups in total. The van der Waals surface area contributed by atoms with E-state index in [9.17, 15) is 19.4 Å². The number of carbonyl (C=O) groups excluding carboxylic acids is 1. The van der Waals surface area contributed by atoms with Crippen molar-refractivity contribution in [3.63, 3.8) is 0 Å². The van der Waals surface area contributed by atoms with Crippen molar-refractivity contribution in [1.29, 1.82) is 0 Å². The zero-order valence-electron chi connectivity index (χ0n) is 55.3. The number of nitrogens with zero attached hydrogens (tertiary/aromatic N) is 1. The molecular weight excluding hydrogens is 1020 g/mol. The molecule has 482 valence electrons. The Hall–Kier alpha value is -1.02. The lowest BCUT2D eigenvalue weighted by Gasteiger charge is -2.25. The van der Waals surface area contributed by atoms with Crippen molar-refractivity contribution in [3.05, 3.63) is 24.3 Å². The number of aliphatic hydroxyl groups excluding tert-OH is 1. The number of carbonyl (C=O) groups is 1. The first-order chi connectivity index (χ1) is 39.5. The quantitative estimate of drug-likeness (QED) is 0.0243. The molecule has 0 aliphatic rings. The summed E-state index contributed by atoms with van der Waals surface area (Å²) >= 11 is 0. The summed E-state index contributed by atoms with van der Waals surface area (Å²) in [6.07, 6.45) is 83.5. The van der Waals surface area contributed by atoms with Gasteiger partial charge in [-0.3, -0.25) is 13.8 Å². The van der Waals surface area contributed by atoms with Gasteiger partial charge in [0, 0.05) is 6.42 Å². The van der Waals surface area contributed by atoms with Crippen molar-refractivity contribution < 1.29 is 32.9 Å². The number of hydrogen-bond acceptors (Lipinski definition) is 5. The molecule has 3 atom stereocenters. The van der Waals surface area contributed by atoms with Crippen molar-refractivity contribution in [2.75, 3.05) is 40.9 Å². The largest absolute Gasteiger partial charge is 0.472 e. The maximum atomic E-state index is 13.0. The van der Waals surface area contributed by atoms with Crippen molar-refractivity contribution >= 4 is 13.7 Å². The highest BCUT2D eigenvalue weighted by atomic mass is 31.2. The standard InChI is InChI=1S/C72H143N2O6P/c1-6-8-10-12-14-16-18-20-22-24-26-28-29-30-31-32-33-34-35-36-37-38-39-40-41-42-43-44-45-46-48-50-52-54-56-58-60-62-64-66-72(76)73-70(69-80-81(77,78)79-68-67-74(3,4)5)71(75)65-63-61-59-57-55-53-51-49-47-27-25-23-21-19-17-15-13-11-9-7-2/h24,26,63,65,70-71,75H,6-23,25,27-62,64,66-69H2,1-5H3,(H-,73,76,77,78)/p+1/b26-24-,65-63+. The zero-order chi connectivity index (χ0) is 59.1. The van der Waals surface area contributed by atoms with Gasteiger partial charge < -0.3 is 19.8 Å². The first kappa shape index (κ1) is 80.0. The molecule has 0 aromatic heterocycles. The molecule has 81 heavy (non-hydrogen) atoms. The second-order valence-corrected chi connectivity index (χ2v) is 27.8. The number of allylic oxidation sites excluding steroid dienone is 3. The summed E-state index contributed by atoms with van der Waals surface area (Å²) in [7, 11) is 1.59. The number of amides is 1. The van der Waals surface area contributed by atoms with Crippen molar-refractivity contribution in [3.8, 4) is 0 Å². The molecule has 0 saturated carbocycles. The summed E-state index contributed by atoms with van der Waals surface area (Å²) in [5, 5.41) is 14.0. The van der Waals surface area contributed by atoms with Crippen molar-refractivity contribution in [2.24, 2.45) is 0 Å². The van der Waals surface area contributed by atoms with E-state index < -0.39 is 20.0 Å². The summed E-state index contributed by atoms with van der Waals surface area (Å²) in [4.78, 5) is 23.4. The fourth-order valence-corrected chi connectivity index (χ4v) is 12.0. The molecular formula is C72H144N2O6P+. The van der Waals surface area contributed by atoms with Crippen LogP contribution in [0.1, 0.15) is 380 Å². The van der Waals surface area contributed by atoms with Gasteiger partial charge in [0.1, 0.15) is 13.2 Å². The highest BCUT2D eigenvalue weighted by molar-refractivity contribution is 7.47. The molecule has 3 unspecified atom stereocenters. The van der Waals surface area contributed by atoms with E-state index >= 15 is 0 Å². The van der Waals surface area contributed by atoms with E-state index in [0.717, 1.165) is 32.1 Å². The van der Waals surface area contributed by atoms with Crippen LogP contribution in [0.15, 0.2) is 24.3 Å². The molecule has 0 heterocycles. The average molecular weight is 1160 g/mol. The number of unbranched alkanes of at least 4 members (excludes halogenated alkanes) is 53. The molecule has 0 radical (unpaired) electrons. The number of nitrogens with one attached hydrogen (secondary N) is 1. The Morgan fingerprint density at radius 3 is 0.951 bits per heavy atom. The predicted octanol–water partition coefficient (Wildman–Crippen LogP) is 23.1. The summed E-state index contributed by atoms with van der Waals surface area (Å²) in [6, 6.07) is -0.844. The number of hydrogen-bond donors (Lipinski definition) is 3. The van der Waals surface area contributed by atoms with Gasteiger partial charge in [-0.2, -0.15) is 0 Å². The summed E-state index contributed by atoms with van der Waals surface area (Å²) in [6.45, 7) is 4.88. The van der Waals surface area contributed by atoms with Crippen LogP contribution in [0.4, 0.5) is 0 Å². The highest BCUT2D eigenvalue weighted by Crippen LogP contribution is 2.43. The van der Waals surface area contributed by atoms with Gasteiger partial charge >= 0.3 is 7.82 Å². The SMILES string of the molecule is CCCCCCCCCC/C=C\CCCCCCCCCCCCCCCCCCCCCCCCCCCCCC(=O)NC(COP(=O)(O)OCC[N+](C)(C)C)C(O)/C=C/CCCCCCCCCCCCCCCCCCCC. The maximum absolute atomic E-state index is 13.0. The lowest BCUT2D eigenvalue weighted by atomic mass is 10.0. The van der Waals surface area contributed by atoms with E-state index in [1.807, 2.05) is 27.2 Å². The first-order valence-electron chi connectivity index (χ1n) is 36.2. The van der Waals surface area contributed by atoms with Crippen LogP contribution in [-0.2, 0) is 18.4 Å². The van der Waals surface area contributed by atoms with Gasteiger partial charge in [-0.1, -0.05) is 353 Å².